The van der Waals surface area contributed by atoms with Crippen molar-refractivity contribution in [2.45, 2.75) is 30.0 Å². The van der Waals surface area contributed by atoms with Gasteiger partial charge in [0.25, 0.3) is 10.1 Å². The Hall–Kier alpha value is -2.22. The lowest BCUT2D eigenvalue weighted by molar-refractivity contribution is -0.254. The average molecular weight is 402 g/mol. The number of ether oxygens (including phenoxy) is 2. The van der Waals surface area contributed by atoms with Gasteiger partial charge in [0.2, 0.25) is 11.7 Å². The summed E-state index contributed by atoms with van der Waals surface area (Å²) in [6.45, 7) is 0. The van der Waals surface area contributed by atoms with Crippen LogP contribution in [0, 0.1) is 5.82 Å². The van der Waals surface area contributed by atoms with E-state index in [1.54, 1.807) is 0 Å². The minimum absolute atomic E-state index is 0.0184. The quantitative estimate of drug-likeness (QED) is 0.482. The molecule has 0 radical (unpaired) electrons. The first-order valence-corrected chi connectivity index (χ1v) is 9.07. The third kappa shape index (κ3) is 4.21. The van der Waals surface area contributed by atoms with Crippen molar-refractivity contribution in [2.75, 3.05) is 0 Å². The number of hydrogen-bond acceptors (Lipinski definition) is 9. The second-order valence-electron chi connectivity index (χ2n) is 5.75. The van der Waals surface area contributed by atoms with Crippen molar-refractivity contribution < 1.29 is 42.2 Å². The highest BCUT2D eigenvalue weighted by Gasteiger charge is 2.50. The van der Waals surface area contributed by atoms with E-state index in [2.05, 4.69) is 9.97 Å². The highest BCUT2D eigenvalue weighted by molar-refractivity contribution is 7.86. The summed E-state index contributed by atoms with van der Waals surface area (Å²) in [7, 11) is -4.88. The van der Waals surface area contributed by atoms with Gasteiger partial charge in [-0.15, -0.1) is 0 Å². The molecule has 0 bridgehead atoms. The Morgan fingerprint density at radius 1 is 1.07 bits per heavy atom. The van der Waals surface area contributed by atoms with Crippen molar-refractivity contribution in [3.05, 3.63) is 42.6 Å². The van der Waals surface area contributed by atoms with Crippen LogP contribution in [0.1, 0.15) is 0 Å². The number of aliphatic hydroxyl groups excluding tert-OH is 3. The van der Waals surface area contributed by atoms with E-state index in [-0.39, 0.29) is 5.75 Å². The van der Waals surface area contributed by atoms with Gasteiger partial charge in [0.1, 0.15) is 29.9 Å². The number of halogens is 1. The van der Waals surface area contributed by atoms with Gasteiger partial charge < -0.3 is 24.8 Å². The van der Waals surface area contributed by atoms with E-state index in [4.69, 9.17) is 14.0 Å². The van der Waals surface area contributed by atoms with E-state index in [1.165, 1.54) is 30.6 Å². The van der Waals surface area contributed by atoms with Crippen molar-refractivity contribution >= 4 is 10.1 Å². The first-order chi connectivity index (χ1) is 12.7. The van der Waals surface area contributed by atoms with Crippen LogP contribution in [-0.2, 0) is 14.9 Å². The number of pyridine rings is 2. The van der Waals surface area contributed by atoms with Gasteiger partial charge in [-0.1, -0.05) is 0 Å². The maximum absolute atomic E-state index is 13.2. The Morgan fingerprint density at radius 3 is 2.41 bits per heavy atom. The van der Waals surface area contributed by atoms with Crippen molar-refractivity contribution in [1.82, 2.24) is 9.97 Å². The van der Waals surface area contributed by atoms with E-state index in [1.807, 2.05) is 0 Å². The standard InChI is InChI=1S/C15H15FN2O8S/c16-8-3-7(4-17-5-8)10-2-1-9(6-18-10)25-14-12(20)11(19)13(21)15(26-14)27(22,23)24/h1-6,11-15,19-21H,(H,22,23,24)/t11-,12-,13+,14-,15?/m1/s1. The van der Waals surface area contributed by atoms with Crippen molar-refractivity contribution in [2.24, 2.45) is 0 Å². The van der Waals surface area contributed by atoms with Gasteiger partial charge in [-0.25, -0.2) is 4.39 Å². The van der Waals surface area contributed by atoms with Gasteiger partial charge >= 0.3 is 0 Å². The first-order valence-electron chi connectivity index (χ1n) is 7.56. The SMILES string of the molecule is O=S(=O)(O)C1O[C@@H](Oc2ccc(-c3cncc(F)c3)nc2)[C@H](O)[C@@H](O)[C@@H]1O. The van der Waals surface area contributed by atoms with E-state index < -0.39 is 46.0 Å². The van der Waals surface area contributed by atoms with Crippen molar-refractivity contribution in [1.29, 1.82) is 0 Å². The summed E-state index contributed by atoms with van der Waals surface area (Å²) < 4.78 is 54.9. The molecule has 0 amide bonds. The maximum Gasteiger partial charge on any atom is 0.295 e. The fourth-order valence-electron chi connectivity index (χ4n) is 2.47. The normalized spacial score (nSPS) is 28.7. The molecule has 2 aromatic rings. The first kappa shape index (κ1) is 19.5. The average Bonchev–Trinajstić information content (AvgIpc) is 2.62. The fourth-order valence-corrected chi connectivity index (χ4v) is 3.23. The summed E-state index contributed by atoms with van der Waals surface area (Å²) in [5.41, 5.74) is -1.43. The minimum atomic E-state index is -4.88. The minimum Gasteiger partial charge on any atom is -0.460 e. The molecule has 0 aromatic carbocycles. The summed E-state index contributed by atoms with van der Waals surface area (Å²) >= 11 is 0. The van der Waals surface area contributed by atoms with Gasteiger partial charge in [-0.05, 0) is 18.2 Å². The molecule has 0 aliphatic carbocycles. The second kappa shape index (κ2) is 7.42. The molecule has 4 N–H and O–H groups in total. The lowest BCUT2D eigenvalue weighted by atomic mass is 10.1. The molecule has 1 unspecified atom stereocenters. The summed E-state index contributed by atoms with van der Waals surface area (Å²) in [4.78, 5) is 7.74. The van der Waals surface area contributed by atoms with Crippen LogP contribution in [0.5, 0.6) is 5.75 Å². The molecule has 1 fully saturated rings. The van der Waals surface area contributed by atoms with E-state index in [9.17, 15) is 28.1 Å². The maximum atomic E-state index is 13.2. The largest absolute Gasteiger partial charge is 0.460 e. The Labute approximate surface area is 152 Å². The molecule has 3 heterocycles. The molecule has 1 saturated heterocycles. The van der Waals surface area contributed by atoms with Gasteiger partial charge in [-0.3, -0.25) is 14.5 Å². The molecule has 12 heteroatoms. The number of nitrogens with zero attached hydrogens (tertiary/aromatic N) is 2. The third-order valence-electron chi connectivity index (χ3n) is 3.81. The molecule has 27 heavy (non-hydrogen) atoms. The van der Waals surface area contributed by atoms with E-state index >= 15 is 0 Å². The Kier molecular flexibility index (Phi) is 5.37. The fraction of sp³-hybridized carbons (Fsp3) is 0.333. The molecule has 10 nitrogen and oxygen atoms in total. The van der Waals surface area contributed by atoms with Crippen LogP contribution in [0.3, 0.4) is 0 Å². The van der Waals surface area contributed by atoms with Crippen LogP contribution in [0.2, 0.25) is 0 Å². The molecule has 0 saturated carbocycles. The van der Waals surface area contributed by atoms with Crippen LogP contribution < -0.4 is 4.74 Å². The summed E-state index contributed by atoms with van der Waals surface area (Å²) in [6.07, 6.45) is -3.90. The zero-order chi connectivity index (χ0) is 19.8. The Balaban J connectivity index is 1.78. The monoisotopic (exact) mass is 402 g/mol. The highest BCUT2D eigenvalue weighted by Crippen LogP contribution is 2.27. The molecular weight excluding hydrogens is 387 g/mol. The third-order valence-corrected chi connectivity index (χ3v) is 4.79. The van der Waals surface area contributed by atoms with Crippen molar-refractivity contribution in [3.63, 3.8) is 0 Å². The molecule has 3 rings (SSSR count). The predicted octanol–water partition coefficient (Wildman–Crippen LogP) is -0.686. The molecule has 0 spiro atoms. The zero-order valence-corrected chi connectivity index (χ0v) is 14.3. The summed E-state index contributed by atoms with van der Waals surface area (Å²) in [6, 6.07) is 4.05. The molecule has 5 atom stereocenters. The van der Waals surface area contributed by atoms with Gasteiger partial charge in [-0.2, -0.15) is 8.42 Å². The number of aliphatic hydroxyl groups is 3. The summed E-state index contributed by atoms with van der Waals surface area (Å²) in [5, 5.41) is 29.3. The van der Waals surface area contributed by atoms with Crippen LogP contribution in [0.4, 0.5) is 4.39 Å². The van der Waals surface area contributed by atoms with Gasteiger partial charge in [0.15, 0.2) is 0 Å². The number of hydrogen-bond donors (Lipinski definition) is 4. The van der Waals surface area contributed by atoms with E-state index in [0.29, 0.717) is 11.3 Å². The van der Waals surface area contributed by atoms with Crippen LogP contribution in [0.15, 0.2) is 36.8 Å². The predicted molar refractivity (Wildman–Crippen MR) is 86.3 cm³/mol. The Morgan fingerprint density at radius 2 is 1.81 bits per heavy atom. The molecule has 1 aliphatic heterocycles. The molecular formula is C15H15FN2O8S. The zero-order valence-electron chi connectivity index (χ0n) is 13.5. The topological polar surface area (TPSA) is 159 Å². The Bertz CT molecular complexity index is 910. The summed E-state index contributed by atoms with van der Waals surface area (Å²) in [5.74, 6) is -0.526. The second-order valence-corrected chi connectivity index (χ2v) is 7.24. The number of aromatic nitrogens is 2. The lowest BCUT2D eigenvalue weighted by Gasteiger charge is -2.38. The smallest absolute Gasteiger partial charge is 0.295 e. The van der Waals surface area contributed by atoms with E-state index in [0.717, 1.165) is 6.20 Å². The van der Waals surface area contributed by atoms with Crippen molar-refractivity contribution in [3.8, 4) is 17.0 Å². The highest BCUT2D eigenvalue weighted by atomic mass is 32.2. The number of rotatable bonds is 4. The molecule has 1 aliphatic rings. The molecule has 146 valence electrons. The van der Waals surface area contributed by atoms with Crippen LogP contribution in [-0.4, -0.2) is 68.3 Å². The molecule has 2 aromatic heterocycles. The lowest BCUT2D eigenvalue weighted by Crippen LogP contribution is -2.61. The van der Waals surface area contributed by atoms with Gasteiger partial charge in [0.05, 0.1) is 18.1 Å². The van der Waals surface area contributed by atoms with Crippen LogP contribution in [0.25, 0.3) is 11.3 Å². The van der Waals surface area contributed by atoms with Crippen LogP contribution >= 0.6 is 0 Å². The van der Waals surface area contributed by atoms with Gasteiger partial charge in [0, 0.05) is 11.8 Å².